The third-order valence-corrected chi connectivity index (χ3v) is 7.54. The van der Waals surface area contributed by atoms with Crippen molar-refractivity contribution < 1.29 is 8.60 Å². The molecule has 2 fully saturated rings. The van der Waals surface area contributed by atoms with Crippen LogP contribution in [0.25, 0.3) is 0 Å². The van der Waals surface area contributed by atoms with Crippen LogP contribution in [0.15, 0.2) is 12.1 Å². The SMILES string of the molecule is CC(C)(C)S(=O)N[C@@H]1c2ccc(N3CC(F)C3)nc2CC12CCNCC2. The van der Waals surface area contributed by atoms with E-state index in [1.807, 2.05) is 31.7 Å². The molecule has 7 heteroatoms. The second-order valence-corrected chi connectivity index (χ2v) is 10.9. The minimum Gasteiger partial charge on any atom is -0.351 e. The highest BCUT2D eigenvalue weighted by Gasteiger charge is 2.48. The van der Waals surface area contributed by atoms with Gasteiger partial charge in [0.05, 0.1) is 34.9 Å². The van der Waals surface area contributed by atoms with Gasteiger partial charge < -0.3 is 10.2 Å². The predicted octanol–water partition coefficient (Wildman–Crippen LogP) is 2.26. The normalized spacial score (nSPS) is 26.6. The lowest BCUT2D eigenvalue weighted by Gasteiger charge is -2.40. The van der Waals surface area contributed by atoms with E-state index in [0.29, 0.717) is 13.1 Å². The first-order valence-electron chi connectivity index (χ1n) is 9.56. The first-order valence-corrected chi connectivity index (χ1v) is 10.7. The van der Waals surface area contributed by atoms with E-state index in [0.717, 1.165) is 43.9 Å². The van der Waals surface area contributed by atoms with Crippen molar-refractivity contribution in [1.29, 1.82) is 0 Å². The maximum absolute atomic E-state index is 13.2. The van der Waals surface area contributed by atoms with Crippen molar-refractivity contribution in [2.24, 2.45) is 5.41 Å². The number of nitrogens with zero attached hydrogens (tertiary/aromatic N) is 2. The quantitative estimate of drug-likeness (QED) is 0.845. The van der Waals surface area contributed by atoms with Gasteiger partial charge in [0.15, 0.2) is 0 Å². The first kappa shape index (κ1) is 18.3. The predicted molar refractivity (Wildman–Crippen MR) is 103 cm³/mol. The van der Waals surface area contributed by atoms with E-state index in [9.17, 15) is 8.60 Å². The van der Waals surface area contributed by atoms with Gasteiger partial charge in [-0.3, -0.25) is 0 Å². The molecule has 0 amide bonds. The summed E-state index contributed by atoms with van der Waals surface area (Å²) in [5.41, 5.74) is 2.33. The molecule has 1 spiro atoms. The summed E-state index contributed by atoms with van der Waals surface area (Å²) in [4.78, 5) is 6.87. The van der Waals surface area contributed by atoms with Gasteiger partial charge in [-0.25, -0.2) is 18.3 Å². The highest BCUT2D eigenvalue weighted by Crippen LogP contribution is 2.51. The van der Waals surface area contributed by atoms with Crippen LogP contribution in [0.1, 0.15) is 50.9 Å². The molecule has 3 heterocycles. The van der Waals surface area contributed by atoms with Gasteiger partial charge in [-0.15, -0.1) is 0 Å². The third kappa shape index (κ3) is 3.18. The maximum Gasteiger partial charge on any atom is 0.135 e. The molecule has 4 rings (SSSR count). The summed E-state index contributed by atoms with van der Waals surface area (Å²) in [5, 5.41) is 3.45. The van der Waals surface area contributed by atoms with E-state index in [1.54, 1.807) is 0 Å². The minimum absolute atomic E-state index is 0.0616. The zero-order valence-electron chi connectivity index (χ0n) is 15.8. The average Bonchev–Trinajstić information content (AvgIpc) is 2.84. The summed E-state index contributed by atoms with van der Waals surface area (Å²) < 4.78 is 29.2. The second-order valence-electron chi connectivity index (χ2n) is 8.93. The van der Waals surface area contributed by atoms with Gasteiger partial charge in [-0.05, 0) is 70.2 Å². The molecule has 2 aliphatic heterocycles. The Balaban J connectivity index is 1.65. The number of rotatable bonds is 3. The van der Waals surface area contributed by atoms with Gasteiger partial charge in [0.2, 0.25) is 0 Å². The van der Waals surface area contributed by atoms with Gasteiger partial charge in [-0.2, -0.15) is 0 Å². The van der Waals surface area contributed by atoms with Gasteiger partial charge >= 0.3 is 0 Å². The van der Waals surface area contributed by atoms with Crippen molar-refractivity contribution in [3.05, 3.63) is 23.4 Å². The van der Waals surface area contributed by atoms with Gasteiger partial charge in [0.25, 0.3) is 0 Å². The molecule has 1 unspecified atom stereocenters. The molecule has 1 aromatic rings. The number of pyridine rings is 1. The fourth-order valence-corrected chi connectivity index (χ4v) is 5.27. The summed E-state index contributed by atoms with van der Waals surface area (Å²) in [7, 11) is -1.13. The zero-order valence-corrected chi connectivity index (χ0v) is 16.7. The Bertz CT molecular complexity index is 708. The zero-order chi connectivity index (χ0) is 18.5. The number of alkyl halides is 1. The largest absolute Gasteiger partial charge is 0.351 e. The topological polar surface area (TPSA) is 57.3 Å². The molecule has 26 heavy (non-hydrogen) atoms. The summed E-state index contributed by atoms with van der Waals surface area (Å²) >= 11 is 0. The van der Waals surface area contributed by atoms with Crippen LogP contribution in [0, 0.1) is 5.41 Å². The molecule has 3 aliphatic rings. The van der Waals surface area contributed by atoms with E-state index in [2.05, 4.69) is 16.1 Å². The van der Waals surface area contributed by atoms with Crippen LogP contribution in [0.3, 0.4) is 0 Å². The highest BCUT2D eigenvalue weighted by molar-refractivity contribution is 7.84. The van der Waals surface area contributed by atoms with E-state index in [1.165, 1.54) is 5.56 Å². The standard InChI is InChI=1S/C19H29FN4OS/c1-18(2,3)26(25)23-17-14-4-5-16(24-11-13(20)12-24)22-15(14)10-19(17)6-8-21-9-7-19/h4-5,13,17,21,23H,6-12H2,1-3H3/t17-,26?/m1/s1. The summed E-state index contributed by atoms with van der Waals surface area (Å²) in [6.07, 6.45) is 2.27. The van der Waals surface area contributed by atoms with Gasteiger partial charge in [0, 0.05) is 5.69 Å². The Morgan fingerprint density at radius 1 is 1.31 bits per heavy atom. The van der Waals surface area contributed by atoms with E-state index in [-0.39, 0.29) is 16.2 Å². The number of halogens is 1. The van der Waals surface area contributed by atoms with Crippen LogP contribution in [0.2, 0.25) is 0 Å². The number of fused-ring (bicyclic) bond motifs is 1. The van der Waals surface area contributed by atoms with Crippen LogP contribution in [-0.4, -0.2) is 46.3 Å². The van der Waals surface area contributed by atoms with Crippen LogP contribution >= 0.6 is 0 Å². The van der Waals surface area contributed by atoms with Crippen molar-refractivity contribution in [2.45, 2.75) is 57.0 Å². The molecular formula is C19H29FN4OS. The molecule has 0 aromatic carbocycles. The number of piperidine rings is 1. The average molecular weight is 381 g/mol. The molecule has 1 aromatic heterocycles. The Kier molecular flexibility index (Phi) is 4.60. The second kappa shape index (κ2) is 6.53. The molecule has 1 aliphatic carbocycles. The number of nitrogens with one attached hydrogen (secondary N) is 2. The Hall–Kier alpha value is -1.05. The third-order valence-electron chi connectivity index (χ3n) is 5.98. The van der Waals surface area contributed by atoms with E-state index < -0.39 is 17.2 Å². The molecule has 2 N–H and O–H groups in total. The summed E-state index contributed by atoms with van der Waals surface area (Å²) in [6.45, 7) is 8.85. The van der Waals surface area contributed by atoms with Crippen LogP contribution in [0.4, 0.5) is 10.2 Å². The molecule has 0 bridgehead atoms. The van der Waals surface area contributed by atoms with Crippen molar-refractivity contribution in [3.63, 3.8) is 0 Å². The number of hydrogen-bond donors (Lipinski definition) is 2. The van der Waals surface area contributed by atoms with E-state index >= 15 is 0 Å². The fourth-order valence-electron chi connectivity index (χ4n) is 4.32. The molecule has 0 radical (unpaired) electrons. The minimum atomic E-state index is -1.13. The van der Waals surface area contributed by atoms with Gasteiger partial charge in [-0.1, -0.05) is 6.07 Å². The van der Waals surface area contributed by atoms with Gasteiger partial charge in [0.1, 0.15) is 12.0 Å². The smallest absolute Gasteiger partial charge is 0.135 e. The van der Waals surface area contributed by atoms with Crippen molar-refractivity contribution in [3.8, 4) is 0 Å². The highest BCUT2D eigenvalue weighted by atomic mass is 32.2. The first-order chi connectivity index (χ1) is 12.3. The molecule has 2 atom stereocenters. The molecule has 144 valence electrons. The number of anilines is 1. The number of hydrogen-bond acceptors (Lipinski definition) is 4. The molecule has 2 saturated heterocycles. The lowest BCUT2D eigenvalue weighted by Crippen LogP contribution is -2.48. The van der Waals surface area contributed by atoms with Crippen LogP contribution < -0.4 is 14.9 Å². The van der Waals surface area contributed by atoms with E-state index in [4.69, 9.17) is 4.98 Å². The molecular weight excluding hydrogens is 351 g/mol. The lowest BCUT2D eigenvalue weighted by molar-refractivity contribution is 0.164. The van der Waals surface area contributed by atoms with Crippen LogP contribution in [-0.2, 0) is 17.4 Å². The summed E-state index contributed by atoms with van der Waals surface area (Å²) in [5.74, 6) is 0.874. The fraction of sp³-hybridized carbons (Fsp3) is 0.737. The molecule has 5 nitrogen and oxygen atoms in total. The maximum atomic E-state index is 13.2. The lowest BCUT2D eigenvalue weighted by atomic mass is 9.74. The van der Waals surface area contributed by atoms with Crippen molar-refractivity contribution >= 4 is 16.8 Å². The van der Waals surface area contributed by atoms with Crippen molar-refractivity contribution in [2.75, 3.05) is 31.1 Å². The Morgan fingerprint density at radius 3 is 2.62 bits per heavy atom. The van der Waals surface area contributed by atoms with Crippen molar-refractivity contribution in [1.82, 2.24) is 15.0 Å². The summed E-state index contributed by atoms with van der Waals surface area (Å²) in [6, 6.07) is 4.18. The Labute approximate surface area is 157 Å². The van der Waals surface area contributed by atoms with Crippen LogP contribution in [0.5, 0.6) is 0 Å². The number of aromatic nitrogens is 1. The monoisotopic (exact) mass is 380 g/mol. The Morgan fingerprint density at radius 2 is 2.00 bits per heavy atom. The molecule has 0 saturated carbocycles.